The molecule has 9 heteroatoms. The summed E-state index contributed by atoms with van der Waals surface area (Å²) in [5.74, 6) is 0.170. The zero-order chi connectivity index (χ0) is 22.4. The minimum Gasteiger partial charge on any atom is -0.493 e. The number of carbonyl (C=O) groups excluding carboxylic acids is 2. The van der Waals surface area contributed by atoms with Crippen molar-refractivity contribution in [1.29, 1.82) is 0 Å². The molecule has 0 atom stereocenters. The summed E-state index contributed by atoms with van der Waals surface area (Å²) < 4.78 is 21.1. The van der Waals surface area contributed by atoms with Gasteiger partial charge in [-0.25, -0.2) is 4.90 Å². The summed E-state index contributed by atoms with van der Waals surface area (Å²) in [6, 6.07) is 8.66. The summed E-state index contributed by atoms with van der Waals surface area (Å²) >= 11 is 1.41. The van der Waals surface area contributed by atoms with Gasteiger partial charge in [0.1, 0.15) is 5.70 Å². The molecule has 0 saturated carbocycles. The van der Waals surface area contributed by atoms with Gasteiger partial charge in [0.2, 0.25) is 0 Å². The van der Waals surface area contributed by atoms with Gasteiger partial charge in [-0.05, 0) is 23.6 Å². The normalized spacial score (nSPS) is 13.9. The monoisotopic (exact) mass is 446 g/mol. The van der Waals surface area contributed by atoms with Crippen LogP contribution in [0.3, 0.4) is 0 Å². The first-order valence-electron chi connectivity index (χ1n) is 9.69. The van der Waals surface area contributed by atoms with Crippen LogP contribution in [-0.2, 0) is 19.1 Å². The molecule has 166 valence electrons. The molecule has 0 saturated heterocycles. The predicted molar refractivity (Wildman–Crippen MR) is 119 cm³/mol. The SMILES string of the molecule is COCCN(CCOC)C1=C(c2cccs2)C(=O)N(c2ccc(OC)c(OC)c2)C1=O. The maximum absolute atomic E-state index is 13.6. The number of hydrogen-bond acceptors (Lipinski definition) is 8. The molecular formula is C22H26N2O6S. The quantitative estimate of drug-likeness (QED) is 0.491. The van der Waals surface area contributed by atoms with Crippen LogP contribution in [0, 0.1) is 0 Å². The Morgan fingerprint density at radius 1 is 0.903 bits per heavy atom. The number of ether oxygens (including phenoxy) is 4. The van der Waals surface area contributed by atoms with E-state index in [4.69, 9.17) is 18.9 Å². The van der Waals surface area contributed by atoms with E-state index in [1.807, 2.05) is 22.4 Å². The average Bonchev–Trinajstić information content (AvgIpc) is 3.39. The minimum atomic E-state index is -0.396. The van der Waals surface area contributed by atoms with Crippen LogP contribution in [0.4, 0.5) is 5.69 Å². The van der Waals surface area contributed by atoms with Crippen molar-refractivity contribution in [3.05, 3.63) is 46.3 Å². The highest BCUT2D eigenvalue weighted by Gasteiger charge is 2.43. The van der Waals surface area contributed by atoms with E-state index in [2.05, 4.69) is 0 Å². The van der Waals surface area contributed by atoms with Crippen molar-refractivity contribution < 1.29 is 28.5 Å². The zero-order valence-electron chi connectivity index (χ0n) is 18.0. The Morgan fingerprint density at radius 2 is 1.58 bits per heavy atom. The molecule has 2 amide bonds. The zero-order valence-corrected chi connectivity index (χ0v) is 18.9. The first-order valence-corrected chi connectivity index (χ1v) is 10.6. The summed E-state index contributed by atoms with van der Waals surface area (Å²) in [5, 5.41) is 1.88. The van der Waals surface area contributed by atoms with Gasteiger partial charge in [0.15, 0.2) is 11.5 Å². The fraction of sp³-hybridized carbons (Fsp3) is 0.364. The van der Waals surface area contributed by atoms with Crippen LogP contribution in [0.2, 0.25) is 0 Å². The van der Waals surface area contributed by atoms with E-state index in [1.54, 1.807) is 32.4 Å². The lowest BCUT2D eigenvalue weighted by molar-refractivity contribution is -0.120. The largest absolute Gasteiger partial charge is 0.493 e. The van der Waals surface area contributed by atoms with Crippen molar-refractivity contribution >= 4 is 34.4 Å². The van der Waals surface area contributed by atoms with E-state index in [1.165, 1.54) is 30.5 Å². The minimum absolute atomic E-state index is 0.344. The second kappa shape index (κ2) is 10.4. The van der Waals surface area contributed by atoms with Crippen LogP contribution in [0.1, 0.15) is 4.88 Å². The van der Waals surface area contributed by atoms with Crippen molar-refractivity contribution in [3.63, 3.8) is 0 Å². The maximum Gasteiger partial charge on any atom is 0.282 e. The Labute approximate surface area is 185 Å². The molecule has 31 heavy (non-hydrogen) atoms. The first-order chi connectivity index (χ1) is 15.1. The number of nitrogens with zero attached hydrogens (tertiary/aromatic N) is 2. The van der Waals surface area contributed by atoms with Crippen LogP contribution in [0.5, 0.6) is 11.5 Å². The Bertz CT molecular complexity index is 949. The lowest BCUT2D eigenvalue weighted by Gasteiger charge is -2.25. The molecule has 1 aromatic carbocycles. The molecular weight excluding hydrogens is 420 g/mol. The molecule has 2 aromatic rings. The third kappa shape index (κ3) is 4.58. The lowest BCUT2D eigenvalue weighted by atomic mass is 10.1. The molecule has 2 heterocycles. The molecule has 0 fully saturated rings. The standard InChI is InChI=1S/C22H26N2O6S/c1-27-11-9-23(10-12-28-2)20-19(18-6-5-13-31-18)21(25)24(22(20)26)15-7-8-16(29-3)17(14-15)30-4/h5-8,13-14H,9-12H2,1-4H3. The van der Waals surface area contributed by atoms with Gasteiger partial charge in [-0.2, -0.15) is 0 Å². The van der Waals surface area contributed by atoms with Gasteiger partial charge in [-0.15, -0.1) is 11.3 Å². The molecule has 1 aliphatic rings. The van der Waals surface area contributed by atoms with Crippen molar-refractivity contribution in [1.82, 2.24) is 4.90 Å². The van der Waals surface area contributed by atoms with Gasteiger partial charge in [0.25, 0.3) is 11.8 Å². The molecule has 1 aromatic heterocycles. The number of benzene rings is 1. The number of anilines is 1. The number of hydrogen-bond donors (Lipinski definition) is 0. The topological polar surface area (TPSA) is 77.5 Å². The number of rotatable bonds is 11. The summed E-state index contributed by atoms with van der Waals surface area (Å²) in [5.41, 5.74) is 1.13. The molecule has 0 spiro atoms. The van der Waals surface area contributed by atoms with Gasteiger partial charge in [-0.3, -0.25) is 9.59 Å². The van der Waals surface area contributed by atoms with E-state index in [0.29, 0.717) is 54.8 Å². The molecule has 0 radical (unpaired) electrons. The highest BCUT2D eigenvalue weighted by Crippen LogP contribution is 2.39. The highest BCUT2D eigenvalue weighted by molar-refractivity contribution is 7.11. The molecule has 1 aliphatic heterocycles. The third-order valence-corrected chi connectivity index (χ3v) is 5.79. The van der Waals surface area contributed by atoms with Crippen LogP contribution in [0.25, 0.3) is 5.57 Å². The van der Waals surface area contributed by atoms with Gasteiger partial charge in [-0.1, -0.05) is 6.07 Å². The lowest BCUT2D eigenvalue weighted by Crippen LogP contribution is -2.37. The predicted octanol–water partition coefficient (Wildman–Crippen LogP) is 2.64. The Hall–Kier alpha value is -2.88. The molecule has 3 rings (SSSR count). The fourth-order valence-corrected chi connectivity index (χ4v) is 4.15. The van der Waals surface area contributed by atoms with Gasteiger partial charge in [0.05, 0.1) is 38.7 Å². The Kier molecular flexibility index (Phi) is 7.67. The van der Waals surface area contributed by atoms with E-state index in [0.717, 1.165) is 4.88 Å². The molecule has 8 nitrogen and oxygen atoms in total. The number of thiophene rings is 1. The van der Waals surface area contributed by atoms with Gasteiger partial charge < -0.3 is 23.8 Å². The van der Waals surface area contributed by atoms with Crippen molar-refractivity contribution in [2.45, 2.75) is 0 Å². The maximum atomic E-state index is 13.6. The third-order valence-electron chi connectivity index (χ3n) is 4.90. The van der Waals surface area contributed by atoms with E-state index in [-0.39, 0.29) is 5.91 Å². The van der Waals surface area contributed by atoms with E-state index >= 15 is 0 Å². The van der Waals surface area contributed by atoms with Crippen molar-refractivity contribution in [2.75, 3.05) is 59.6 Å². The number of carbonyl (C=O) groups is 2. The summed E-state index contributed by atoms with van der Waals surface area (Å²) in [6.45, 7) is 1.71. The van der Waals surface area contributed by atoms with Crippen LogP contribution in [-0.4, -0.2) is 71.5 Å². The van der Waals surface area contributed by atoms with Gasteiger partial charge >= 0.3 is 0 Å². The Balaban J connectivity index is 2.08. The second-order valence-electron chi connectivity index (χ2n) is 6.66. The first kappa shape index (κ1) is 22.8. The number of methoxy groups -OCH3 is 4. The molecule has 0 unspecified atom stereocenters. The number of imide groups is 1. The van der Waals surface area contributed by atoms with Crippen molar-refractivity contribution in [3.8, 4) is 11.5 Å². The number of amides is 2. The van der Waals surface area contributed by atoms with Crippen molar-refractivity contribution in [2.24, 2.45) is 0 Å². The molecule has 0 bridgehead atoms. The van der Waals surface area contributed by atoms with E-state index in [9.17, 15) is 9.59 Å². The van der Waals surface area contributed by atoms with Crippen LogP contribution < -0.4 is 14.4 Å². The summed E-state index contributed by atoms with van der Waals surface area (Å²) in [7, 11) is 6.23. The summed E-state index contributed by atoms with van der Waals surface area (Å²) in [4.78, 5) is 30.9. The molecule has 0 aliphatic carbocycles. The highest BCUT2D eigenvalue weighted by atomic mass is 32.1. The van der Waals surface area contributed by atoms with Crippen LogP contribution in [0.15, 0.2) is 41.4 Å². The van der Waals surface area contributed by atoms with Crippen LogP contribution >= 0.6 is 11.3 Å². The van der Waals surface area contributed by atoms with E-state index < -0.39 is 5.91 Å². The fourth-order valence-electron chi connectivity index (χ4n) is 3.39. The second-order valence-corrected chi connectivity index (χ2v) is 7.61. The van der Waals surface area contributed by atoms with Gasteiger partial charge in [0, 0.05) is 38.3 Å². The Morgan fingerprint density at radius 3 is 2.13 bits per heavy atom. The average molecular weight is 447 g/mol. The smallest absolute Gasteiger partial charge is 0.282 e. The molecule has 0 N–H and O–H groups in total. The summed E-state index contributed by atoms with van der Waals surface area (Å²) in [6.07, 6.45) is 0.